The molecule has 0 atom stereocenters. The maximum atomic E-state index is 12.9. The van der Waals surface area contributed by atoms with Crippen LogP contribution in [0.5, 0.6) is 0 Å². The lowest BCUT2D eigenvalue weighted by molar-refractivity contribution is 0.0709. The van der Waals surface area contributed by atoms with Gasteiger partial charge in [0.25, 0.3) is 11.5 Å². The van der Waals surface area contributed by atoms with E-state index in [-0.39, 0.29) is 17.4 Å². The Hall–Kier alpha value is -2.96. The van der Waals surface area contributed by atoms with Crippen LogP contribution >= 0.6 is 0 Å². The zero-order valence-corrected chi connectivity index (χ0v) is 15.5. The second kappa shape index (κ2) is 6.98. The Kier molecular flexibility index (Phi) is 4.51. The van der Waals surface area contributed by atoms with E-state index in [1.54, 1.807) is 13.1 Å². The molecule has 1 N–H and O–H groups in total. The molecule has 1 aliphatic heterocycles. The fourth-order valence-corrected chi connectivity index (χ4v) is 3.82. The first kappa shape index (κ1) is 17.5. The van der Waals surface area contributed by atoms with Crippen molar-refractivity contribution in [3.05, 3.63) is 57.5 Å². The molecule has 4 rings (SSSR count). The molecule has 1 saturated heterocycles. The number of hydrogen-bond acceptors (Lipinski definition) is 5. The minimum Gasteiger partial charge on any atom is -0.361 e. The third-order valence-electron chi connectivity index (χ3n) is 5.33. The predicted octanol–water partition coefficient (Wildman–Crippen LogP) is 2.80. The molecule has 0 spiro atoms. The minimum atomic E-state index is -0.158. The molecule has 0 bridgehead atoms. The molecule has 27 heavy (non-hydrogen) atoms. The average Bonchev–Trinajstić information content (AvgIpc) is 3.08. The molecule has 0 saturated carbocycles. The number of carbonyl (C=O) groups is 1. The van der Waals surface area contributed by atoms with Crippen molar-refractivity contribution in [1.82, 2.24) is 20.0 Å². The van der Waals surface area contributed by atoms with Crippen molar-refractivity contribution in [3.63, 3.8) is 0 Å². The summed E-state index contributed by atoms with van der Waals surface area (Å²) in [4.78, 5) is 34.1. The summed E-state index contributed by atoms with van der Waals surface area (Å²) < 4.78 is 5.20. The van der Waals surface area contributed by atoms with Gasteiger partial charge >= 0.3 is 0 Å². The molecule has 4 heterocycles. The van der Waals surface area contributed by atoms with Gasteiger partial charge in [0.2, 0.25) is 0 Å². The van der Waals surface area contributed by atoms with Crippen molar-refractivity contribution in [2.75, 3.05) is 13.1 Å². The number of likely N-dealkylation sites (tertiary alicyclic amines) is 1. The molecule has 7 nitrogen and oxygen atoms in total. The molecule has 0 unspecified atom stereocenters. The number of amides is 1. The van der Waals surface area contributed by atoms with E-state index in [1.165, 1.54) is 0 Å². The van der Waals surface area contributed by atoms with Crippen LogP contribution in [0.15, 0.2) is 33.7 Å². The van der Waals surface area contributed by atoms with Crippen LogP contribution in [0.25, 0.3) is 10.9 Å². The number of aromatic amines is 1. The number of aryl methyl sites for hydroxylation is 2. The Morgan fingerprint density at radius 1 is 1.37 bits per heavy atom. The molecule has 1 aliphatic rings. The maximum Gasteiger partial charge on any atom is 0.274 e. The van der Waals surface area contributed by atoms with Crippen LogP contribution in [0.1, 0.15) is 53.2 Å². The van der Waals surface area contributed by atoms with Crippen molar-refractivity contribution < 1.29 is 9.32 Å². The molecule has 1 amide bonds. The number of H-pyrrole nitrogens is 1. The van der Waals surface area contributed by atoms with Gasteiger partial charge in [-0.15, -0.1) is 0 Å². The van der Waals surface area contributed by atoms with Gasteiger partial charge in [-0.3, -0.25) is 14.6 Å². The zero-order valence-electron chi connectivity index (χ0n) is 15.5. The number of aromatic nitrogens is 3. The summed E-state index contributed by atoms with van der Waals surface area (Å²) in [6.45, 7) is 5.03. The number of fused-ring (bicyclic) bond motifs is 1. The average molecular weight is 366 g/mol. The van der Waals surface area contributed by atoms with Crippen LogP contribution in [0.3, 0.4) is 0 Å². The van der Waals surface area contributed by atoms with Gasteiger partial charge in [-0.2, -0.15) is 0 Å². The molecule has 1 fully saturated rings. The number of carbonyl (C=O) groups excluding carboxylic acids is 1. The Balaban J connectivity index is 1.51. The lowest BCUT2D eigenvalue weighted by Crippen LogP contribution is -2.38. The molecule has 140 valence electrons. The van der Waals surface area contributed by atoms with Crippen LogP contribution in [-0.4, -0.2) is 39.0 Å². The summed E-state index contributed by atoms with van der Waals surface area (Å²) in [7, 11) is 0. The Bertz CT molecular complexity index is 1040. The van der Waals surface area contributed by atoms with Crippen molar-refractivity contribution in [2.45, 2.75) is 39.0 Å². The highest BCUT2D eigenvalue weighted by Crippen LogP contribution is 2.29. The normalized spacial score (nSPS) is 15.4. The van der Waals surface area contributed by atoms with E-state index < -0.39 is 0 Å². The molecule has 0 radical (unpaired) electrons. The first-order chi connectivity index (χ1) is 13.1. The molecule has 0 aromatic carbocycles. The minimum absolute atomic E-state index is 0.0137. The lowest BCUT2D eigenvalue weighted by Gasteiger charge is -2.32. The van der Waals surface area contributed by atoms with E-state index >= 15 is 0 Å². The summed E-state index contributed by atoms with van der Waals surface area (Å²) in [5.41, 5.74) is 2.54. The number of pyridine rings is 2. The second-order valence-corrected chi connectivity index (χ2v) is 6.98. The zero-order chi connectivity index (χ0) is 19.0. The molecular formula is C20H22N4O3. The second-order valence-electron chi connectivity index (χ2n) is 6.98. The van der Waals surface area contributed by atoms with E-state index in [0.29, 0.717) is 42.0 Å². The smallest absolute Gasteiger partial charge is 0.274 e. The lowest BCUT2D eigenvalue weighted by atomic mass is 9.92. The van der Waals surface area contributed by atoms with Crippen LogP contribution in [0.4, 0.5) is 0 Å². The SMILES string of the molecule is CCc1noc(C)c1C(=O)N1CCC(c2cc3cccnc3c(=O)[nH]2)CC1. The number of nitrogens with zero attached hydrogens (tertiary/aromatic N) is 3. The molecule has 3 aromatic rings. The van der Waals surface area contributed by atoms with Gasteiger partial charge in [-0.05, 0) is 38.3 Å². The van der Waals surface area contributed by atoms with Crippen molar-refractivity contribution in [1.29, 1.82) is 0 Å². The standard InChI is InChI=1S/C20H22N4O3/c1-3-15-17(12(2)27-23-15)20(26)24-9-6-13(7-10-24)16-11-14-5-4-8-21-18(14)19(25)22-16/h4-5,8,11,13H,3,6-7,9-10H2,1-2H3,(H,22,25). The van der Waals surface area contributed by atoms with Gasteiger partial charge in [0.15, 0.2) is 0 Å². The van der Waals surface area contributed by atoms with Crippen LogP contribution in [0, 0.1) is 6.92 Å². The van der Waals surface area contributed by atoms with Crippen LogP contribution in [-0.2, 0) is 6.42 Å². The summed E-state index contributed by atoms with van der Waals surface area (Å²) in [5, 5.41) is 4.83. The Labute approximate surface area is 156 Å². The maximum absolute atomic E-state index is 12.9. The van der Waals surface area contributed by atoms with E-state index in [0.717, 1.165) is 23.9 Å². The highest BCUT2D eigenvalue weighted by molar-refractivity contribution is 5.96. The largest absolute Gasteiger partial charge is 0.361 e. The molecule has 0 aliphatic carbocycles. The van der Waals surface area contributed by atoms with Gasteiger partial charge in [0, 0.05) is 36.3 Å². The first-order valence-electron chi connectivity index (χ1n) is 9.30. The monoisotopic (exact) mass is 366 g/mol. The number of rotatable bonds is 3. The van der Waals surface area contributed by atoms with E-state index in [9.17, 15) is 9.59 Å². The van der Waals surface area contributed by atoms with Crippen LogP contribution < -0.4 is 5.56 Å². The van der Waals surface area contributed by atoms with Crippen LogP contribution in [0.2, 0.25) is 0 Å². The number of nitrogens with one attached hydrogen (secondary N) is 1. The van der Waals surface area contributed by atoms with Gasteiger partial charge in [0.1, 0.15) is 16.8 Å². The molecule has 3 aromatic heterocycles. The summed E-state index contributed by atoms with van der Waals surface area (Å²) >= 11 is 0. The summed E-state index contributed by atoms with van der Waals surface area (Å²) in [6, 6.07) is 5.74. The quantitative estimate of drug-likeness (QED) is 0.769. The third-order valence-corrected chi connectivity index (χ3v) is 5.33. The first-order valence-corrected chi connectivity index (χ1v) is 9.30. The van der Waals surface area contributed by atoms with Crippen molar-refractivity contribution in [3.8, 4) is 0 Å². The molecule has 7 heteroatoms. The third kappa shape index (κ3) is 3.13. The van der Waals surface area contributed by atoms with Gasteiger partial charge in [-0.1, -0.05) is 18.1 Å². The molecular weight excluding hydrogens is 344 g/mol. The fraction of sp³-hybridized carbons (Fsp3) is 0.400. The number of hydrogen-bond donors (Lipinski definition) is 1. The van der Waals surface area contributed by atoms with E-state index in [1.807, 2.05) is 30.0 Å². The summed E-state index contributed by atoms with van der Waals surface area (Å²) in [5.74, 6) is 0.783. The summed E-state index contributed by atoms with van der Waals surface area (Å²) in [6.07, 6.45) is 3.90. The predicted molar refractivity (Wildman–Crippen MR) is 101 cm³/mol. The topological polar surface area (TPSA) is 92.1 Å². The highest BCUT2D eigenvalue weighted by atomic mass is 16.5. The van der Waals surface area contributed by atoms with Gasteiger partial charge in [0.05, 0.1) is 5.69 Å². The Morgan fingerprint density at radius 2 is 2.15 bits per heavy atom. The number of piperidine rings is 1. The van der Waals surface area contributed by atoms with Crippen molar-refractivity contribution in [2.24, 2.45) is 0 Å². The van der Waals surface area contributed by atoms with Gasteiger partial charge in [-0.25, -0.2) is 0 Å². The van der Waals surface area contributed by atoms with E-state index in [4.69, 9.17) is 4.52 Å². The van der Waals surface area contributed by atoms with Gasteiger partial charge < -0.3 is 14.4 Å². The highest BCUT2D eigenvalue weighted by Gasteiger charge is 2.29. The van der Waals surface area contributed by atoms with Crippen molar-refractivity contribution >= 4 is 16.8 Å². The fourth-order valence-electron chi connectivity index (χ4n) is 3.82. The van der Waals surface area contributed by atoms with E-state index in [2.05, 4.69) is 15.1 Å². The Morgan fingerprint density at radius 3 is 2.89 bits per heavy atom.